The maximum absolute atomic E-state index is 11.7. The monoisotopic (exact) mass is 303 g/mol. The summed E-state index contributed by atoms with van der Waals surface area (Å²) >= 11 is 0. The first-order chi connectivity index (χ1) is 10.7. The van der Waals surface area contributed by atoms with Crippen molar-refractivity contribution in [2.45, 2.75) is 31.7 Å². The number of carbonyl (C=O) groups excluding carboxylic acids is 2. The van der Waals surface area contributed by atoms with E-state index in [1.165, 1.54) is 6.21 Å². The van der Waals surface area contributed by atoms with Crippen LogP contribution in [0.3, 0.4) is 0 Å². The zero-order valence-electron chi connectivity index (χ0n) is 12.0. The molecule has 1 aromatic rings. The molecule has 0 atom stereocenters. The van der Waals surface area contributed by atoms with E-state index >= 15 is 0 Å². The van der Waals surface area contributed by atoms with Crippen molar-refractivity contribution in [2.24, 2.45) is 5.10 Å². The van der Waals surface area contributed by atoms with Gasteiger partial charge in [0.2, 0.25) is 6.79 Å². The van der Waals surface area contributed by atoms with E-state index in [0.29, 0.717) is 11.5 Å². The van der Waals surface area contributed by atoms with Gasteiger partial charge < -0.3 is 14.8 Å². The first kappa shape index (κ1) is 14.4. The molecule has 1 fully saturated rings. The molecule has 3 rings (SSSR count). The largest absolute Gasteiger partial charge is 0.454 e. The van der Waals surface area contributed by atoms with Crippen LogP contribution in [0.15, 0.2) is 23.3 Å². The Labute approximate surface area is 127 Å². The molecule has 1 aliphatic heterocycles. The molecule has 7 heteroatoms. The number of hydrazone groups is 1. The second kappa shape index (κ2) is 6.46. The number of fused-ring (bicyclic) bond motifs is 1. The lowest BCUT2D eigenvalue weighted by molar-refractivity contribution is -0.139. The van der Waals surface area contributed by atoms with E-state index in [2.05, 4.69) is 15.8 Å². The van der Waals surface area contributed by atoms with Gasteiger partial charge in [0.25, 0.3) is 0 Å². The van der Waals surface area contributed by atoms with Crippen molar-refractivity contribution < 1.29 is 19.1 Å². The van der Waals surface area contributed by atoms with Crippen LogP contribution in [0.4, 0.5) is 0 Å². The highest BCUT2D eigenvalue weighted by molar-refractivity contribution is 6.35. The Kier molecular flexibility index (Phi) is 4.22. The number of carbonyl (C=O) groups is 2. The van der Waals surface area contributed by atoms with Crippen LogP contribution in [0.5, 0.6) is 11.5 Å². The van der Waals surface area contributed by atoms with Gasteiger partial charge in [0, 0.05) is 6.04 Å². The lowest BCUT2D eigenvalue weighted by atomic mass is 10.2. The predicted molar refractivity (Wildman–Crippen MR) is 78.7 cm³/mol. The minimum atomic E-state index is -0.760. The number of hydrogen-bond acceptors (Lipinski definition) is 5. The molecule has 0 unspecified atom stereocenters. The van der Waals surface area contributed by atoms with Crippen LogP contribution in [-0.2, 0) is 9.59 Å². The summed E-state index contributed by atoms with van der Waals surface area (Å²) < 4.78 is 10.4. The highest BCUT2D eigenvalue weighted by atomic mass is 16.7. The number of nitrogens with one attached hydrogen (secondary N) is 2. The lowest BCUT2D eigenvalue weighted by Crippen LogP contribution is -2.42. The summed E-state index contributed by atoms with van der Waals surface area (Å²) in [6.07, 6.45) is 5.49. The predicted octanol–water partition coefficient (Wildman–Crippen LogP) is 0.924. The molecular formula is C15H17N3O4. The van der Waals surface area contributed by atoms with Crippen LogP contribution in [0.1, 0.15) is 31.2 Å². The lowest BCUT2D eigenvalue weighted by Gasteiger charge is -2.10. The molecular weight excluding hydrogens is 286 g/mol. The summed E-state index contributed by atoms with van der Waals surface area (Å²) in [4.78, 5) is 23.3. The average molecular weight is 303 g/mol. The Morgan fingerprint density at radius 2 is 1.91 bits per heavy atom. The molecule has 2 N–H and O–H groups in total. The SMILES string of the molecule is O=C(N/N=C/c1ccc2c(c1)OCO2)C(=O)NC1CCCC1. The van der Waals surface area contributed by atoms with Crippen LogP contribution < -0.4 is 20.2 Å². The van der Waals surface area contributed by atoms with E-state index in [9.17, 15) is 9.59 Å². The van der Waals surface area contributed by atoms with E-state index in [1.54, 1.807) is 18.2 Å². The Balaban J connectivity index is 1.50. The van der Waals surface area contributed by atoms with Crippen molar-refractivity contribution in [1.82, 2.24) is 10.7 Å². The molecule has 2 amide bonds. The van der Waals surface area contributed by atoms with Gasteiger partial charge in [-0.3, -0.25) is 9.59 Å². The van der Waals surface area contributed by atoms with Crippen LogP contribution in [0, 0.1) is 0 Å². The van der Waals surface area contributed by atoms with Crippen LogP contribution in [-0.4, -0.2) is 30.9 Å². The zero-order chi connectivity index (χ0) is 15.4. The number of amides is 2. The van der Waals surface area contributed by atoms with Gasteiger partial charge in [-0.2, -0.15) is 5.10 Å². The Morgan fingerprint density at radius 3 is 2.73 bits per heavy atom. The van der Waals surface area contributed by atoms with E-state index in [-0.39, 0.29) is 12.8 Å². The zero-order valence-corrected chi connectivity index (χ0v) is 12.0. The average Bonchev–Trinajstić information content (AvgIpc) is 3.17. The third kappa shape index (κ3) is 3.36. The summed E-state index contributed by atoms with van der Waals surface area (Å²) in [7, 11) is 0. The molecule has 1 aliphatic carbocycles. The molecule has 0 bridgehead atoms. The van der Waals surface area contributed by atoms with Crippen molar-refractivity contribution in [3.63, 3.8) is 0 Å². The number of ether oxygens (including phenoxy) is 2. The fourth-order valence-electron chi connectivity index (χ4n) is 2.53. The van der Waals surface area contributed by atoms with Crippen molar-refractivity contribution >= 4 is 18.0 Å². The smallest absolute Gasteiger partial charge is 0.329 e. The molecule has 0 saturated heterocycles. The van der Waals surface area contributed by atoms with E-state index in [1.807, 2.05) is 0 Å². The highest BCUT2D eigenvalue weighted by Gasteiger charge is 2.21. The number of nitrogens with zero attached hydrogens (tertiary/aromatic N) is 1. The number of rotatable bonds is 3. The van der Waals surface area contributed by atoms with Crippen molar-refractivity contribution in [2.75, 3.05) is 6.79 Å². The second-order valence-electron chi connectivity index (χ2n) is 5.27. The maximum atomic E-state index is 11.7. The van der Waals surface area contributed by atoms with Gasteiger partial charge in [-0.05, 0) is 36.6 Å². The van der Waals surface area contributed by atoms with Crippen LogP contribution in [0.25, 0.3) is 0 Å². The van der Waals surface area contributed by atoms with Gasteiger partial charge in [-0.25, -0.2) is 5.43 Å². The van der Waals surface area contributed by atoms with Crippen molar-refractivity contribution in [1.29, 1.82) is 0 Å². The first-order valence-electron chi connectivity index (χ1n) is 7.26. The molecule has 7 nitrogen and oxygen atoms in total. The summed E-state index contributed by atoms with van der Waals surface area (Å²) in [5.74, 6) is -0.0926. The third-order valence-corrected chi connectivity index (χ3v) is 3.67. The molecule has 1 saturated carbocycles. The summed E-state index contributed by atoms with van der Waals surface area (Å²) in [5.41, 5.74) is 2.96. The molecule has 0 radical (unpaired) electrons. The summed E-state index contributed by atoms with van der Waals surface area (Å²) in [5, 5.41) is 6.48. The van der Waals surface area contributed by atoms with Gasteiger partial charge in [-0.1, -0.05) is 12.8 Å². The summed E-state index contributed by atoms with van der Waals surface area (Å²) in [6, 6.07) is 5.40. The Bertz CT molecular complexity index is 609. The van der Waals surface area contributed by atoms with E-state index in [4.69, 9.17) is 9.47 Å². The highest BCUT2D eigenvalue weighted by Crippen LogP contribution is 2.31. The Morgan fingerprint density at radius 1 is 1.14 bits per heavy atom. The molecule has 0 spiro atoms. The topological polar surface area (TPSA) is 89.0 Å². The second-order valence-corrected chi connectivity index (χ2v) is 5.27. The minimum Gasteiger partial charge on any atom is -0.454 e. The van der Waals surface area contributed by atoms with Crippen molar-refractivity contribution in [3.05, 3.63) is 23.8 Å². The maximum Gasteiger partial charge on any atom is 0.329 e. The van der Waals surface area contributed by atoms with E-state index < -0.39 is 11.8 Å². The molecule has 1 aromatic carbocycles. The molecule has 1 heterocycles. The molecule has 0 aromatic heterocycles. The van der Waals surface area contributed by atoms with Gasteiger partial charge in [0.05, 0.1) is 6.21 Å². The van der Waals surface area contributed by atoms with Crippen molar-refractivity contribution in [3.8, 4) is 11.5 Å². The quantitative estimate of drug-likeness (QED) is 0.494. The van der Waals surface area contributed by atoms with Gasteiger partial charge >= 0.3 is 11.8 Å². The fraction of sp³-hybridized carbons (Fsp3) is 0.400. The molecule has 2 aliphatic rings. The van der Waals surface area contributed by atoms with Crippen LogP contribution in [0.2, 0.25) is 0 Å². The fourth-order valence-corrected chi connectivity index (χ4v) is 2.53. The first-order valence-corrected chi connectivity index (χ1v) is 7.26. The van der Waals surface area contributed by atoms with Crippen LogP contribution >= 0.6 is 0 Å². The van der Waals surface area contributed by atoms with Gasteiger partial charge in [0.1, 0.15) is 0 Å². The Hall–Kier alpha value is -2.57. The van der Waals surface area contributed by atoms with Gasteiger partial charge in [-0.15, -0.1) is 0 Å². The normalized spacial score (nSPS) is 16.9. The molecule has 116 valence electrons. The standard InChI is InChI=1S/C15H17N3O4/c19-14(17-11-3-1-2-4-11)15(20)18-16-8-10-5-6-12-13(7-10)22-9-21-12/h5-8,11H,1-4,9H2,(H,17,19)(H,18,20)/b16-8+. The third-order valence-electron chi connectivity index (χ3n) is 3.67. The molecule has 22 heavy (non-hydrogen) atoms. The summed E-state index contributed by atoms with van der Waals surface area (Å²) in [6.45, 7) is 0.202. The minimum absolute atomic E-state index is 0.107. The number of hydrogen-bond donors (Lipinski definition) is 2. The van der Waals surface area contributed by atoms with E-state index in [0.717, 1.165) is 31.2 Å². The van der Waals surface area contributed by atoms with Gasteiger partial charge in [0.15, 0.2) is 11.5 Å². The number of benzene rings is 1.